The normalized spacial score (nSPS) is 13.0. The van der Waals surface area contributed by atoms with Gasteiger partial charge in [0.1, 0.15) is 0 Å². The van der Waals surface area contributed by atoms with Crippen LogP contribution in [0.25, 0.3) is 0 Å². The van der Waals surface area contributed by atoms with Crippen molar-refractivity contribution in [3.63, 3.8) is 0 Å². The highest BCUT2D eigenvalue weighted by atomic mass is 16.5. The van der Waals surface area contributed by atoms with Gasteiger partial charge in [-0.3, -0.25) is 0 Å². The Balaban J connectivity index is 3.04. The Hall–Kier alpha value is -0.340. The first-order valence-electron chi connectivity index (χ1n) is 3.68. The molecule has 0 aliphatic rings. The first-order chi connectivity index (χ1) is 4.81. The number of hydrogen-bond acceptors (Lipinski definition) is 2. The molecule has 2 heteroatoms. The van der Waals surface area contributed by atoms with E-state index in [1.54, 1.807) is 0 Å². The van der Waals surface area contributed by atoms with Crippen molar-refractivity contribution in [1.29, 1.82) is 0 Å². The van der Waals surface area contributed by atoms with Gasteiger partial charge in [0.05, 0.1) is 12.7 Å². The molecule has 0 aromatic carbocycles. The molecule has 0 heterocycles. The summed E-state index contributed by atoms with van der Waals surface area (Å²) in [5, 5.41) is 3.04. The third-order valence-corrected chi connectivity index (χ3v) is 1.22. The molecule has 0 amide bonds. The Kier molecular flexibility index (Phi) is 6.55. The van der Waals surface area contributed by atoms with Crippen molar-refractivity contribution >= 4 is 0 Å². The fraction of sp³-hybridized carbons (Fsp3) is 0.750. The SMILES string of the molecule is C=CCCOC(C)CNC. The first kappa shape index (κ1) is 9.66. The molecule has 0 aliphatic heterocycles. The van der Waals surface area contributed by atoms with E-state index in [0.717, 1.165) is 19.6 Å². The van der Waals surface area contributed by atoms with E-state index < -0.39 is 0 Å². The third-order valence-electron chi connectivity index (χ3n) is 1.22. The van der Waals surface area contributed by atoms with Gasteiger partial charge in [-0.2, -0.15) is 0 Å². The Labute approximate surface area is 63.3 Å². The van der Waals surface area contributed by atoms with Crippen LogP contribution in [0.3, 0.4) is 0 Å². The summed E-state index contributed by atoms with van der Waals surface area (Å²) in [5.74, 6) is 0. The second kappa shape index (κ2) is 6.78. The van der Waals surface area contributed by atoms with Crippen molar-refractivity contribution < 1.29 is 4.74 Å². The Morgan fingerprint density at radius 3 is 2.90 bits per heavy atom. The van der Waals surface area contributed by atoms with Crippen LogP contribution < -0.4 is 5.32 Å². The van der Waals surface area contributed by atoms with Crippen LogP contribution in [0.1, 0.15) is 13.3 Å². The van der Waals surface area contributed by atoms with E-state index in [2.05, 4.69) is 18.8 Å². The van der Waals surface area contributed by atoms with Gasteiger partial charge in [-0.1, -0.05) is 6.08 Å². The Morgan fingerprint density at radius 1 is 1.70 bits per heavy atom. The van der Waals surface area contributed by atoms with Crippen molar-refractivity contribution in [3.05, 3.63) is 12.7 Å². The monoisotopic (exact) mass is 143 g/mol. The van der Waals surface area contributed by atoms with E-state index >= 15 is 0 Å². The molecule has 0 aromatic rings. The third kappa shape index (κ3) is 5.79. The maximum atomic E-state index is 5.39. The van der Waals surface area contributed by atoms with Crippen LogP contribution in [-0.4, -0.2) is 26.3 Å². The largest absolute Gasteiger partial charge is 0.377 e. The fourth-order valence-electron chi connectivity index (χ4n) is 0.699. The summed E-state index contributed by atoms with van der Waals surface area (Å²) in [4.78, 5) is 0. The molecule has 0 rings (SSSR count). The van der Waals surface area contributed by atoms with E-state index in [-0.39, 0.29) is 0 Å². The van der Waals surface area contributed by atoms with Crippen LogP contribution in [0.4, 0.5) is 0 Å². The first-order valence-corrected chi connectivity index (χ1v) is 3.68. The quantitative estimate of drug-likeness (QED) is 0.445. The van der Waals surface area contributed by atoms with Gasteiger partial charge in [-0.25, -0.2) is 0 Å². The molecule has 0 bridgehead atoms. The van der Waals surface area contributed by atoms with Gasteiger partial charge < -0.3 is 10.1 Å². The van der Waals surface area contributed by atoms with E-state index in [1.807, 2.05) is 13.1 Å². The van der Waals surface area contributed by atoms with Crippen LogP contribution in [-0.2, 0) is 4.74 Å². The molecule has 0 fully saturated rings. The summed E-state index contributed by atoms with van der Waals surface area (Å²) in [7, 11) is 1.92. The van der Waals surface area contributed by atoms with Gasteiger partial charge in [0.25, 0.3) is 0 Å². The zero-order valence-corrected chi connectivity index (χ0v) is 6.89. The fourth-order valence-corrected chi connectivity index (χ4v) is 0.699. The second-order valence-electron chi connectivity index (χ2n) is 2.32. The molecule has 0 aliphatic carbocycles. The minimum atomic E-state index is 0.310. The summed E-state index contributed by atoms with van der Waals surface area (Å²) >= 11 is 0. The molecule has 1 atom stereocenters. The summed E-state index contributed by atoms with van der Waals surface area (Å²) in [5.41, 5.74) is 0. The average molecular weight is 143 g/mol. The predicted molar refractivity (Wildman–Crippen MR) is 44.2 cm³/mol. The van der Waals surface area contributed by atoms with Crippen molar-refractivity contribution in [3.8, 4) is 0 Å². The van der Waals surface area contributed by atoms with Gasteiger partial charge in [-0.15, -0.1) is 6.58 Å². The minimum Gasteiger partial charge on any atom is -0.377 e. The predicted octanol–water partition coefficient (Wildman–Crippen LogP) is 1.19. The Bertz CT molecular complexity index is 83.3. The van der Waals surface area contributed by atoms with Gasteiger partial charge in [-0.05, 0) is 20.4 Å². The van der Waals surface area contributed by atoms with Crippen molar-refractivity contribution in [2.45, 2.75) is 19.4 Å². The number of ether oxygens (including phenoxy) is 1. The van der Waals surface area contributed by atoms with Crippen LogP contribution in [0, 0.1) is 0 Å². The van der Waals surface area contributed by atoms with Crippen LogP contribution in [0.2, 0.25) is 0 Å². The van der Waals surface area contributed by atoms with Crippen molar-refractivity contribution in [2.24, 2.45) is 0 Å². The highest BCUT2D eigenvalue weighted by Crippen LogP contribution is 1.90. The zero-order valence-electron chi connectivity index (χ0n) is 6.89. The highest BCUT2D eigenvalue weighted by Gasteiger charge is 1.96. The maximum Gasteiger partial charge on any atom is 0.0671 e. The molecule has 0 spiro atoms. The molecular formula is C8H17NO. The van der Waals surface area contributed by atoms with Gasteiger partial charge in [0, 0.05) is 6.54 Å². The second-order valence-corrected chi connectivity index (χ2v) is 2.32. The lowest BCUT2D eigenvalue weighted by molar-refractivity contribution is 0.0708. The lowest BCUT2D eigenvalue weighted by Gasteiger charge is -2.10. The summed E-state index contributed by atoms with van der Waals surface area (Å²) in [6.07, 6.45) is 3.12. The van der Waals surface area contributed by atoms with Crippen molar-refractivity contribution in [2.75, 3.05) is 20.2 Å². The Morgan fingerprint density at radius 2 is 2.40 bits per heavy atom. The van der Waals surface area contributed by atoms with E-state index in [1.165, 1.54) is 0 Å². The molecule has 60 valence electrons. The highest BCUT2D eigenvalue weighted by molar-refractivity contribution is 4.65. The summed E-state index contributed by atoms with van der Waals surface area (Å²) in [6, 6.07) is 0. The van der Waals surface area contributed by atoms with Crippen LogP contribution >= 0.6 is 0 Å². The molecule has 0 saturated heterocycles. The van der Waals surface area contributed by atoms with Gasteiger partial charge in [0.15, 0.2) is 0 Å². The van der Waals surface area contributed by atoms with Crippen LogP contribution in [0.15, 0.2) is 12.7 Å². The molecule has 0 saturated carbocycles. The molecule has 1 unspecified atom stereocenters. The number of hydrogen-bond donors (Lipinski definition) is 1. The van der Waals surface area contributed by atoms with E-state index in [0.29, 0.717) is 6.10 Å². The van der Waals surface area contributed by atoms with Crippen molar-refractivity contribution in [1.82, 2.24) is 5.32 Å². The topological polar surface area (TPSA) is 21.3 Å². The minimum absolute atomic E-state index is 0.310. The molecule has 1 N–H and O–H groups in total. The van der Waals surface area contributed by atoms with Crippen LogP contribution in [0.5, 0.6) is 0 Å². The molecule has 2 nitrogen and oxygen atoms in total. The molecule has 10 heavy (non-hydrogen) atoms. The summed E-state index contributed by atoms with van der Waals surface area (Å²) in [6.45, 7) is 7.36. The summed E-state index contributed by atoms with van der Waals surface area (Å²) < 4.78 is 5.39. The molecule has 0 radical (unpaired) electrons. The number of rotatable bonds is 6. The van der Waals surface area contributed by atoms with E-state index in [9.17, 15) is 0 Å². The average Bonchev–Trinajstić information content (AvgIpc) is 1.89. The lowest BCUT2D eigenvalue weighted by Crippen LogP contribution is -2.23. The molecule has 0 aromatic heterocycles. The standard InChI is InChI=1S/C8H17NO/c1-4-5-6-10-8(2)7-9-3/h4,8-9H,1,5-7H2,2-3H3. The maximum absolute atomic E-state index is 5.39. The van der Waals surface area contributed by atoms with Gasteiger partial charge in [0.2, 0.25) is 0 Å². The number of nitrogens with one attached hydrogen (secondary N) is 1. The number of likely N-dealkylation sites (N-methyl/N-ethyl adjacent to an activating group) is 1. The molecular weight excluding hydrogens is 126 g/mol. The van der Waals surface area contributed by atoms with E-state index in [4.69, 9.17) is 4.74 Å². The smallest absolute Gasteiger partial charge is 0.0671 e. The lowest BCUT2D eigenvalue weighted by atomic mass is 10.4. The van der Waals surface area contributed by atoms with Gasteiger partial charge >= 0.3 is 0 Å². The zero-order chi connectivity index (χ0) is 7.82.